The zero-order chi connectivity index (χ0) is 18.4. The van der Waals surface area contributed by atoms with Crippen LogP contribution in [-0.2, 0) is 6.54 Å². The van der Waals surface area contributed by atoms with Crippen LogP contribution in [0.1, 0.15) is 11.3 Å². The third kappa shape index (κ3) is 2.55. The van der Waals surface area contributed by atoms with Crippen LogP contribution in [0.5, 0.6) is 5.75 Å². The molecule has 0 aliphatic heterocycles. The molecule has 0 saturated heterocycles. The van der Waals surface area contributed by atoms with E-state index >= 15 is 0 Å². The number of aryl methyl sites for hydroxylation is 1. The largest absolute Gasteiger partial charge is 0.497 e. The number of benzene rings is 1. The van der Waals surface area contributed by atoms with Gasteiger partial charge >= 0.3 is 0 Å². The first-order valence-corrected chi connectivity index (χ1v) is 9.24. The minimum Gasteiger partial charge on any atom is -0.497 e. The summed E-state index contributed by atoms with van der Waals surface area (Å²) in [5, 5.41) is 24.0. The molecule has 4 heterocycles. The maximum atomic E-state index is 5.22. The lowest BCUT2D eigenvalue weighted by molar-refractivity contribution is 0.414. The third-order valence-corrected chi connectivity index (χ3v) is 5.28. The lowest BCUT2D eigenvalue weighted by Gasteiger charge is -2.05. The number of thiophene rings is 1. The van der Waals surface area contributed by atoms with Crippen LogP contribution in [0.25, 0.3) is 27.4 Å². The van der Waals surface area contributed by atoms with Crippen LogP contribution in [0.15, 0.2) is 41.8 Å². The fourth-order valence-electron chi connectivity index (χ4n) is 3.07. The Morgan fingerprint density at radius 2 is 1.93 bits per heavy atom. The zero-order valence-corrected chi connectivity index (χ0v) is 15.5. The van der Waals surface area contributed by atoms with Gasteiger partial charge in [-0.25, -0.2) is 4.68 Å². The summed E-state index contributed by atoms with van der Waals surface area (Å²) in [5.41, 5.74) is 4.09. The Balaban J connectivity index is 1.67. The Morgan fingerprint density at radius 1 is 1.07 bits per heavy atom. The molecule has 0 unspecified atom stereocenters. The second kappa shape index (κ2) is 6.13. The van der Waals surface area contributed by atoms with Crippen molar-refractivity contribution in [1.82, 2.24) is 34.8 Å². The van der Waals surface area contributed by atoms with Gasteiger partial charge in [0.1, 0.15) is 16.8 Å². The van der Waals surface area contributed by atoms with E-state index in [0.29, 0.717) is 12.2 Å². The van der Waals surface area contributed by atoms with Crippen LogP contribution in [0.4, 0.5) is 0 Å². The maximum absolute atomic E-state index is 5.22. The number of aromatic nitrogens is 7. The second-order valence-electron chi connectivity index (χ2n) is 6.11. The summed E-state index contributed by atoms with van der Waals surface area (Å²) in [5.74, 6) is 1.55. The van der Waals surface area contributed by atoms with E-state index < -0.39 is 0 Å². The van der Waals surface area contributed by atoms with Crippen molar-refractivity contribution in [3.05, 3.63) is 53.0 Å². The first-order valence-electron chi connectivity index (χ1n) is 8.36. The summed E-state index contributed by atoms with van der Waals surface area (Å²) in [6.07, 6.45) is 0. The molecule has 9 heteroatoms. The van der Waals surface area contributed by atoms with Gasteiger partial charge < -0.3 is 4.74 Å². The molecule has 0 aliphatic carbocycles. The van der Waals surface area contributed by atoms with Gasteiger partial charge in [0.2, 0.25) is 5.65 Å². The fraction of sp³-hybridized carbons (Fsp3) is 0.167. The summed E-state index contributed by atoms with van der Waals surface area (Å²) in [6, 6.07) is 11.9. The van der Waals surface area contributed by atoms with Crippen LogP contribution in [0.3, 0.4) is 0 Å². The normalized spacial score (nSPS) is 11.5. The fourth-order valence-corrected chi connectivity index (χ4v) is 3.77. The van der Waals surface area contributed by atoms with Crippen molar-refractivity contribution in [3.63, 3.8) is 0 Å². The predicted octanol–water partition coefficient (Wildman–Crippen LogP) is 2.96. The van der Waals surface area contributed by atoms with E-state index in [1.807, 2.05) is 53.4 Å². The molecule has 0 aliphatic rings. The van der Waals surface area contributed by atoms with Crippen LogP contribution in [0.2, 0.25) is 0 Å². The molecular weight excluding hydrogens is 362 g/mol. The van der Waals surface area contributed by atoms with Gasteiger partial charge in [-0.1, -0.05) is 23.4 Å². The van der Waals surface area contributed by atoms with Gasteiger partial charge in [-0.2, -0.15) is 9.61 Å². The number of ether oxygens (including phenoxy) is 1. The SMILES string of the molecule is COc1ccc(Cn2nnc3c(C)nn4c(-c5cccs5)nnc4c32)cc1. The highest BCUT2D eigenvalue weighted by Gasteiger charge is 2.19. The van der Waals surface area contributed by atoms with Crippen LogP contribution in [0, 0.1) is 6.92 Å². The van der Waals surface area contributed by atoms with Gasteiger partial charge in [0.05, 0.1) is 24.2 Å². The minimum absolute atomic E-state index is 0.570. The average Bonchev–Trinajstić information content (AvgIpc) is 3.41. The monoisotopic (exact) mass is 377 g/mol. The standard InChI is InChI=1S/C18H15N7OS/c1-11-15-16(18-21-20-17(25(18)22-11)14-4-3-9-27-14)24(23-19-15)10-12-5-7-13(26-2)8-6-12/h3-9H,10H2,1-2H3. The molecule has 0 atom stereocenters. The van der Waals surface area contributed by atoms with Gasteiger partial charge in [0.25, 0.3) is 0 Å². The summed E-state index contributed by atoms with van der Waals surface area (Å²) < 4.78 is 8.84. The molecule has 0 amide bonds. The summed E-state index contributed by atoms with van der Waals surface area (Å²) in [7, 11) is 1.66. The number of methoxy groups -OCH3 is 1. The Morgan fingerprint density at radius 3 is 2.67 bits per heavy atom. The highest BCUT2D eigenvalue weighted by molar-refractivity contribution is 7.13. The van der Waals surface area contributed by atoms with Crippen molar-refractivity contribution in [2.45, 2.75) is 13.5 Å². The molecule has 0 bridgehead atoms. The van der Waals surface area contributed by atoms with Crippen molar-refractivity contribution in [2.75, 3.05) is 7.11 Å². The van der Waals surface area contributed by atoms with Crippen molar-refractivity contribution >= 4 is 28.0 Å². The number of hydrogen-bond acceptors (Lipinski definition) is 7. The van der Waals surface area contributed by atoms with E-state index in [0.717, 1.165) is 38.7 Å². The first kappa shape index (κ1) is 15.9. The smallest absolute Gasteiger partial charge is 0.205 e. The van der Waals surface area contributed by atoms with Crippen molar-refractivity contribution in [1.29, 1.82) is 0 Å². The van der Waals surface area contributed by atoms with Gasteiger partial charge in [-0.05, 0) is 36.1 Å². The molecule has 134 valence electrons. The molecule has 4 aromatic heterocycles. The van der Waals surface area contributed by atoms with E-state index in [9.17, 15) is 0 Å². The molecule has 8 nitrogen and oxygen atoms in total. The van der Waals surface area contributed by atoms with E-state index in [1.54, 1.807) is 23.0 Å². The van der Waals surface area contributed by atoms with E-state index in [-0.39, 0.29) is 0 Å². The lowest BCUT2D eigenvalue weighted by atomic mass is 10.2. The molecular formula is C18H15N7OS. The Hall–Kier alpha value is -3.33. The van der Waals surface area contributed by atoms with Crippen LogP contribution in [-0.4, -0.2) is 41.9 Å². The van der Waals surface area contributed by atoms with Crippen molar-refractivity contribution in [3.8, 4) is 16.5 Å². The van der Waals surface area contributed by atoms with Gasteiger partial charge in [0.15, 0.2) is 5.82 Å². The molecule has 27 heavy (non-hydrogen) atoms. The number of rotatable bonds is 4. The molecule has 0 radical (unpaired) electrons. The Kier molecular flexibility index (Phi) is 3.61. The Bertz CT molecular complexity index is 1240. The molecule has 5 aromatic rings. The Labute approximate surface area is 158 Å². The quantitative estimate of drug-likeness (QED) is 0.479. The summed E-state index contributed by atoms with van der Waals surface area (Å²) in [4.78, 5) is 1.02. The number of nitrogens with zero attached hydrogens (tertiary/aromatic N) is 7. The summed E-state index contributed by atoms with van der Waals surface area (Å²) >= 11 is 1.61. The molecule has 0 N–H and O–H groups in total. The molecule has 0 saturated carbocycles. The zero-order valence-electron chi connectivity index (χ0n) is 14.7. The van der Waals surface area contributed by atoms with E-state index in [4.69, 9.17) is 4.74 Å². The van der Waals surface area contributed by atoms with Crippen LogP contribution >= 0.6 is 11.3 Å². The number of fused-ring (bicyclic) bond motifs is 3. The minimum atomic E-state index is 0.570. The molecule has 1 aromatic carbocycles. The highest BCUT2D eigenvalue weighted by atomic mass is 32.1. The average molecular weight is 377 g/mol. The highest BCUT2D eigenvalue weighted by Crippen LogP contribution is 2.26. The van der Waals surface area contributed by atoms with Crippen molar-refractivity contribution in [2.24, 2.45) is 0 Å². The lowest BCUT2D eigenvalue weighted by Crippen LogP contribution is -2.05. The van der Waals surface area contributed by atoms with Gasteiger partial charge in [0, 0.05) is 0 Å². The van der Waals surface area contributed by atoms with Gasteiger partial charge in [-0.3, -0.25) is 0 Å². The second-order valence-corrected chi connectivity index (χ2v) is 7.06. The predicted molar refractivity (Wildman–Crippen MR) is 102 cm³/mol. The third-order valence-electron chi connectivity index (χ3n) is 4.41. The van der Waals surface area contributed by atoms with E-state index in [2.05, 4.69) is 25.6 Å². The number of hydrogen-bond donors (Lipinski definition) is 0. The molecule has 5 rings (SSSR count). The summed E-state index contributed by atoms with van der Waals surface area (Å²) in [6.45, 7) is 2.49. The molecule has 0 spiro atoms. The van der Waals surface area contributed by atoms with Crippen LogP contribution < -0.4 is 4.74 Å². The molecule has 0 fully saturated rings. The first-order chi connectivity index (χ1) is 13.2. The van der Waals surface area contributed by atoms with E-state index in [1.165, 1.54) is 0 Å². The maximum Gasteiger partial charge on any atom is 0.205 e. The van der Waals surface area contributed by atoms with Gasteiger partial charge in [-0.15, -0.1) is 26.6 Å². The van der Waals surface area contributed by atoms with Crippen molar-refractivity contribution < 1.29 is 4.74 Å². The topological polar surface area (TPSA) is 83.0 Å².